The lowest BCUT2D eigenvalue weighted by Crippen LogP contribution is -2.31. The highest BCUT2D eigenvalue weighted by Crippen LogP contribution is 2.27. The molecule has 0 radical (unpaired) electrons. The van der Waals surface area contributed by atoms with E-state index in [-0.39, 0.29) is 36.4 Å². The Morgan fingerprint density at radius 2 is 2.00 bits per heavy atom. The average Bonchev–Trinajstić information content (AvgIpc) is 2.92. The highest BCUT2D eigenvalue weighted by Gasteiger charge is 2.33. The summed E-state index contributed by atoms with van der Waals surface area (Å²) in [7, 11) is 0. The SMILES string of the molecule is N=C(N)c1ccc(N2CCC(CC(=O)NCCCC(=O)O)C2=O)cc1. The number of benzene rings is 1. The lowest BCUT2D eigenvalue weighted by Gasteiger charge is -2.17. The Bertz CT molecular complexity index is 672. The number of amidine groups is 1. The van der Waals surface area contributed by atoms with Crippen molar-refractivity contribution < 1.29 is 19.5 Å². The van der Waals surface area contributed by atoms with Gasteiger partial charge in [-0.1, -0.05) is 0 Å². The molecule has 0 aromatic heterocycles. The summed E-state index contributed by atoms with van der Waals surface area (Å²) in [4.78, 5) is 36.4. The van der Waals surface area contributed by atoms with Crippen LogP contribution in [0, 0.1) is 11.3 Å². The Balaban J connectivity index is 1.85. The second-order valence-corrected chi connectivity index (χ2v) is 5.99. The zero-order chi connectivity index (χ0) is 18.4. The molecule has 1 heterocycles. The summed E-state index contributed by atoms with van der Waals surface area (Å²) in [6, 6.07) is 6.85. The van der Waals surface area contributed by atoms with Crippen LogP contribution in [0.2, 0.25) is 0 Å². The van der Waals surface area contributed by atoms with Gasteiger partial charge in [-0.2, -0.15) is 0 Å². The largest absolute Gasteiger partial charge is 0.481 e. The van der Waals surface area contributed by atoms with Crippen molar-refractivity contribution in [3.63, 3.8) is 0 Å². The quantitative estimate of drug-likeness (QED) is 0.312. The van der Waals surface area contributed by atoms with Crippen molar-refractivity contribution in [2.75, 3.05) is 18.0 Å². The van der Waals surface area contributed by atoms with Gasteiger partial charge in [0, 0.05) is 43.1 Å². The van der Waals surface area contributed by atoms with Crippen LogP contribution < -0.4 is 16.0 Å². The maximum absolute atomic E-state index is 12.5. The molecule has 1 aromatic carbocycles. The lowest BCUT2D eigenvalue weighted by molar-refractivity contribution is -0.137. The van der Waals surface area contributed by atoms with Crippen LogP contribution in [0.15, 0.2) is 24.3 Å². The standard InChI is InChI=1S/C17H22N4O4/c18-16(19)11-3-5-13(6-4-11)21-9-7-12(17(21)25)10-14(22)20-8-1-2-15(23)24/h3-6,12H,1-2,7-10H2,(H3,18,19)(H,20,22)(H,23,24). The maximum atomic E-state index is 12.5. The number of nitrogens with two attached hydrogens (primary N) is 1. The Hall–Kier alpha value is -2.90. The first-order valence-electron chi connectivity index (χ1n) is 8.13. The molecule has 0 bridgehead atoms. The predicted octanol–water partition coefficient (Wildman–Crippen LogP) is 0.695. The summed E-state index contributed by atoms with van der Waals surface area (Å²) in [6.07, 6.45) is 1.07. The number of anilines is 1. The molecular weight excluding hydrogens is 324 g/mol. The number of aliphatic carboxylic acids is 1. The smallest absolute Gasteiger partial charge is 0.303 e. The third kappa shape index (κ3) is 5.03. The minimum absolute atomic E-state index is 0.00662. The zero-order valence-electron chi connectivity index (χ0n) is 13.8. The third-order valence-corrected chi connectivity index (χ3v) is 4.13. The average molecular weight is 346 g/mol. The van der Waals surface area contributed by atoms with Gasteiger partial charge in [0.25, 0.3) is 0 Å². The molecule has 0 spiro atoms. The monoisotopic (exact) mass is 346 g/mol. The highest BCUT2D eigenvalue weighted by atomic mass is 16.4. The number of hydrogen-bond donors (Lipinski definition) is 4. The molecule has 1 aliphatic heterocycles. The number of rotatable bonds is 8. The van der Waals surface area contributed by atoms with Gasteiger partial charge >= 0.3 is 5.97 Å². The third-order valence-electron chi connectivity index (χ3n) is 4.13. The molecule has 134 valence electrons. The Morgan fingerprint density at radius 1 is 1.32 bits per heavy atom. The number of carboxylic acids is 1. The summed E-state index contributed by atoms with van der Waals surface area (Å²) in [5.41, 5.74) is 6.73. The summed E-state index contributed by atoms with van der Waals surface area (Å²) in [5, 5.41) is 18.6. The number of nitrogens with one attached hydrogen (secondary N) is 2. The minimum atomic E-state index is -0.897. The maximum Gasteiger partial charge on any atom is 0.303 e. The fraction of sp³-hybridized carbons (Fsp3) is 0.412. The molecule has 1 saturated heterocycles. The molecule has 8 heteroatoms. The molecule has 0 aliphatic carbocycles. The van der Waals surface area contributed by atoms with Crippen molar-refractivity contribution in [1.29, 1.82) is 5.41 Å². The van der Waals surface area contributed by atoms with Crippen molar-refractivity contribution in [2.45, 2.75) is 25.7 Å². The number of nitrogens with zero attached hydrogens (tertiary/aromatic N) is 1. The minimum Gasteiger partial charge on any atom is -0.481 e. The van der Waals surface area contributed by atoms with E-state index >= 15 is 0 Å². The Morgan fingerprint density at radius 3 is 2.60 bits per heavy atom. The Kier molecular flexibility index (Phi) is 6.10. The van der Waals surface area contributed by atoms with E-state index in [1.807, 2.05) is 0 Å². The van der Waals surface area contributed by atoms with Crippen molar-refractivity contribution in [3.8, 4) is 0 Å². The molecule has 1 aliphatic rings. The van der Waals surface area contributed by atoms with E-state index < -0.39 is 5.97 Å². The fourth-order valence-corrected chi connectivity index (χ4v) is 2.77. The van der Waals surface area contributed by atoms with Gasteiger partial charge in [0.2, 0.25) is 11.8 Å². The number of carbonyl (C=O) groups is 3. The van der Waals surface area contributed by atoms with Gasteiger partial charge in [-0.3, -0.25) is 19.8 Å². The van der Waals surface area contributed by atoms with Crippen molar-refractivity contribution in [1.82, 2.24) is 5.32 Å². The molecule has 8 nitrogen and oxygen atoms in total. The molecule has 1 unspecified atom stereocenters. The number of amides is 2. The highest BCUT2D eigenvalue weighted by molar-refractivity contribution is 6.00. The van der Waals surface area contributed by atoms with Crippen LogP contribution in [0.4, 0.5) is 5.69 Å². The van der Waals surface area contributed by atoms with Gasteiger partial charge in [-0.15, -0.1) is 0 Å². The molecule has 5 N–H and O–H groups in total. The normalized spacial score (nSPS) is 16.7. The van der Waals surface area contributed by atoms with Gasteiger partial charge in [0.1, 0.15) is 5.84 Å². The summed E-state index contributed by atoms with van der Waals surface area (Å²) in [5.74, 6) is -1.64. The van der Waals surface area contributed by atoms with Crippen LogP contribution in [0.3, 0.4) is 0 Å². The van der Waals surface area contributed by atoms with Gasteiger partial charge in [0.15, 0.2) is 0 Å². The first-order valence-corrected chi connectivity index (χ1v) is 8.13. The molecule has 1 fully saturated rings. The number of hydrogen-bond acceptors (Lipinski definition) is 4. The molecule has 1 aromatic rings. The molecular formula is C17H22N4O4. The molecule has 25 heavy (non-hydrogen) atoms. The van der Waals surface area contributed by atoms with Crippen LogP contribution in [0.25, 0.3) is 0 Å². The van der Waals surface area contributed by atoms with Crippen molar-refractivity contribution >= 4 is 29.3 Å². The molecule has 1 atom stereocenters. The van der Waals surface area contributed by atoms with Gasteiger partial charge in [0.05, 0.1) is 0 Å². The van der Waals surface area contributed by atoms with Crippen molar-refractivity contribution in [2.24, 2.45) is 11.7 Å². The van der Waals surface area contributed by atoms with E-state index in [0.29, 0.717) is 31.5 Å². The van der Waals surface area contributed by atoms with Crippen LogP contribution in [-0.4, -0.2) is 41.8 Å². The topological polar surface area (TPSA) is 137 Å². The molecule has 2 rings (SSSR count). The van der Waals surface area contributed by atoms with E-state index in [1.54, 1.807) is 29.2 Å². The van der Waals surface area contributed by atoms with E-state index in [4.69, 9.17) is 16.2 Å². The first-order chi connectivity index (χ1) is 11.9. The van der Waals surface area contributed by atoms with E-state index in [1.165, 1.54) is 0 Å². The van der Waals surface area contributed by atoms with E-state index in [2.05, 4.69) is 5.32 Å². The first kappa shape index (κ1) is 18.4. The predicted molar refractivity (Wildman–Crippen MR) is 92.4 cm³/mol. The van der Waals surface area contributed by atoms with Crippen LogP contribution in [-0.2, 0) is 14.4 Å². The van der Waals surface area contributed by atoms with Gasteiger partial charge in [-0.25, -0.2) is 0 Å². The Labute approximate surface area is 145 Å². The second kappa shape index (κ2) is 8.27. The van der Waals surface area contributed by atoms with Crippen LogP contribution in [0.5, 0.6) is 0 Å². The second-order valence-electron chi connectivity index (χ2n) is 5.99. The van der Waals surface area contributed by atoms with Gasteiger partial charge in [-0.05, 0) is 37.1 Å². The van der Waals surface area contributed by atoms with E-state index in [0.717, 1.165) is 5.69 Å². The number of nitrogen functional groups attached to an aromatic ring is 1. The number of carboxylic acid groups (broad SMARTS) is 1. The fourth-order valence-electron chi connectivity index (χ4n) is 2.77. The van der Waals surface area contributed by atoms with Crippen LogP contribution in [0.1, 0.15) is 31.2 Å². The summed E-state index contributed by atoms with van der Waals surface area (Å²) < 4.78 is 0. The number of carbonyl (C=O) groups excluding carboxylic acids is 2. The van der Waals surface area contributed by atoms with Gasteiger partial charge < -0.3 is 21.1 Å². The lowest BCUT2D eigenvalue weighted by atomic mass is 10.0. The van der Waals surface area contributed by atoms with E-state index in [9.17, 15) is 14.4 Å². The van der Waals surface area contributed by atoms with Crippen LogP contribution >= 0.6 is 0 Å². The van der Waals surface area contributed by atoms with Crippen molar-refractivity contribution in [3.05, 3.63) is 29.8 Å². The molecule has 0 saturated carbocycles. The summed E-state index contributed by atoms with van der Waals surface area (Å²) in [6.45, 7) is 0.831. The molecule has 2 amide bonds. The zero-order valence-corrected chi connectivity index (χ0v) is 13.8. The summed E-state index contributed by atoms with van der Waals surface area (Å²) >= 11 is 0.